The lowest BCUT2D eigenvalue weighted by molar-refractivity contribution is -0.134. The Morgan fingerprint density at radius 3 is 2.52 bits per heavy atom. The van der Waals surface area contributed by atoms with E-state index in [9.17, 15) is 14.0 Å². The Morgan fingerprint density at radius 1 is 1.16 bits per heavy atom. The van der Waals surface area contributed by atoms with E-state index in [0.29, 0.717) is 34.7 Å². The second-order valence-electron chi connectivity index (χ2n) is 9.40. The van der Waals surface area contributed by atoms with Crippen LogP contribution in [0, 0.1) is 12.7 Å². The van der Waals surface area contributed by atoms with E-state index in [1.54, 1.807) is 19.1 Å². The van der Waals surface area contributed by atoms with Crippen LogP contribution in [0.1, 0.15) is 62.5 Å². The van der Waals surface area contributed by atoms with E-state index in [4.69, 9.17) is 0 Å². The number of fused-ring (bicyclic) bond motifs is 1. The maximum absolute atomic E-state index is 14.1. The molecule has 0 spiro atoms. The molecular weight excluding hydrogens is 395 g/mol. The van der Waals surface area contributed by atoms with Crippen molar-refractivity contribution in [2.75, 3.05) is 13.1 Å². The van der Waals surface area contributed by atoms with Gasteiger partial charge >= 0.3 is 0 Å². The van der Waals surface area contributed by atoms with Crippen molar-refractivity contribution in [1.82, 2.24) is 20.1 Å². The van der Waals surface area contributed by atoms with E-state index >= 15 is 0 Å². The van der Waals surface area contributed by atoms with Gasteiger partial charge in [0.1, 0.15) is 11.5 Å². The fourth-order valence-electron chi connectivity index (χ4n) is 5.59. The van der Waals surface area contributed by atoms with Gasteiger partial charge in [-0.1, -0.05) is 6.07 Å². The Labute approximate surface area is 183 Å². The van der Waals surface area contributed by atoms with Crippen molar-refractivity contribution in [2.45, 2.75) is 77.5 Å². The van der Waals surface area contributed by atoms with Gasteiger partial charge in [0, 0.05) is 49.6 Å². The number of hydrogen-bond donors (Lipinski definition) is 2. The minimum absolute atomic E-state index is 0.0915. The van der Waals surface area contributed by atoms with Crippen molar-refractivity contribution in [3.63, 3.8) is 0 Å². The second-order valence-corrected chi connectivity index (χ2v) is 9.40. The summed E-state index contributed by atoms with van der Waals surface area (Å²) in [5.74, 6) is -0.360. The van der Waals surface area contributed by atoms with Crippen LogP contribution in [0.25, 0.3) is 10.9 Å². The Hall–Kier alpha value is -2.41. The van der Waals surface area contributed by atoms with Crippen LogP contribution in [0.4, 0.5) is 4.39 Å². The molecule has 6 nitrogen and oxygen atoms in total. The molecule has 1 aliphatic heterocycles. The van der Waals surface area contributed by atoms with Gasteiger partial charge < -0.3 is 15.2 Å². The Kier molecular flexibility index (Phi) is 6.06. The molecule has 2 amide bonds. The molecule has 4 atom stereocenters. The maximum atomic E-state index is 14.1. The maximum Gasteiger partial charge on any atom is 0.267 e. The first kappa shape index (κ1) is 21.8. The second kappa shape index (κ2) is 8.61. The number of carbonyl (C=O) groups excluding carboxylic acids is 2. The quantitative estimate of drug-likeness (QED) is 0.785. The highest BCUT2D eigenvalue weighted by molar-refractivity contribution is 5.99. The zero-order chi connectivity index (χ0) is 22.3. The number of halogens is 1. The third-order valence-electron chi connectivity index (χ3n) is 7.03. The Bertz CT molecular complexity index is 936. The highest BCUT2D eigenvalue weighted by atomic mass is 19.1. The lowest BCUT2D eigenvalue weighted by atomic mass is 9.87. The monoisotopic (exact) mass is 428 g/mol. The molecule has 1 aliphatic carbocycles. The molecule has 1 aromatic heterocycles. The predicted molar refractivity (Wildman–Crippen MR) is 120 cm³/mol. The van der Waals surface area contributed by atoms with E-state index in [2.05, 4.69) is 29.0 Å². The lowest BCUT2D eigenvalue weighted by Crippen LogP contribution is -2.62. The third kappa shape index (κ3) is 4.33. The molecule has 2 fully saturated rings. The molecular formula is C24H33FN4O2. The van der Waals surface area contributed by atoms with Gasteiger partial charge in [-0.25, -0.2) is 4.39 Å². The molecule has 4 rings (SSSR count). The van der Waals surface area contributed by atoms with Gasteiger partial charge in [0.05, 0.1) is 5.52 Å². The average molecular weight is 429 g/mol. The van der Waals surface area contributed by atoms with Gasteiger partial charge in [0.25, 0.3) is 5.91 Å². The number of aryl methyl sites for hydroxylation is 1. The number of benzene rings is 1. The molecule has 2 aromatic rings. The smallest absolute Gasteiger partial charge is 0.267 e. The molecule has 0 radical (unpaired) electrons. The van der Waals surface area contributed by atoms with Crippen LogP contribution < -0.4 is 5.32 Å². The van der Waals surface area contributed by atoms with Gasteiger partial charge in [0.15, 0.2) is 0 Å². The standard InChI is InChI=1S/C24H33FN4O2/c1-14-8-9-21(25)20-11-22(27-23(14)20)24(31)26-18-6-5-7-19(10-18)29-15(2)12-28(17(4)30)13-16(29)3/h8-9,11,15-16,18-19,27H,5-7,10,12-13H2,1-4H3,(H,26,31)/t15?,16?,18-,19-/m1/s1. The van der Waals surface area contributed by atoms with E-state index in [0.717, 1.165) is 44.3 Å². The first-order chi connectivity index (χ1) is 14.7. The van der Waals surface area contributed by atoms with Crippen LogP contribution in [0.15, 0.2) is 18.2 Å². The number of nitrogens with zero attached hydrogens (tertiary/aromatic N) is 2. The molecule has 1 saturated carbocycles. The van der Waals surface area contributed by atoms with Crippen molar-refractivity contribution < 1.29 is 14.0 Å². The number of piperazine rings is 1. The van der Waals surface area contributed by atoms with E-state index in [1.165, 1.54) is 6.07 Å². The number of rotatable bonds is 3. The van der Waals surface area contributed by atoms with Crippen molar-refractivity contribution in [3.8, 4) is 0 Å². The predicted octanol–water partition coefficient (Wildman–Crippen LogP) is 3.60. The number of nitrogens with one attached hydrogen (secondary N) is 2. The fraction of sp³-hybridized carbons (Fsp3) is 0.583. The highest BCUT2D eigenvalue weighted by Gasteiger charge is 2.37. The van der Waals surface area contributed by atoms with Crippen LogP contribution in [-0.4, -0.2) is 63.9 Å². The summed E-state index contributed by atoms with van der Waals surface area (Å²) in [6, 6.07) is 5.84. The van der Waals surface area contributed by atoms with Crippen molar-refractivity contribution in [3.05, 3.63) is 35.3 Å². The molecule has 7 heteroatoms. The van der Waals surface area contributed by atoms with E-state index in [1.807, 2.05) is 11.8 Å². The summed E-state index contributed by atoms with van der Waals surface area (Å²) >= 11 is 0. The number of hydrogen-bond acceptors (Lipinski definition) is 3. The largest absolute Gasteiger partial charge is 0.350 e. The number of amides is 2. The molecule has 168 valence electrons. The van der Waals surface area contributed by atoms with Crippen molar-refractivity contribution >= 4 is 22.7 Å². The van der Waals surface area contributed by atoms with Crippen LogP contribution in [-0.2, 0) is 4.79 Å². The zero-order valence-corrected chi connectivity index (χ0v) is 18.9. The van der Waals surface area contributed by atoms with Gasteiger partial charge in [-0.05, 0) is 64.2 Å². The van der Waals surface area contributed by atoms with Gasteiger partial charge in [-0.15, -0.1) is 0 Å². The van der Waals surface area contributed by atoms with Gasteiger partial charge in [0.2, 0.25) is 5.91 Å². The van der Waals surface area contributed by atoms with Crippen LogP contribution in [0.5, 0.6) is 0 Å². The molecule has 2 N–H and O–H groups in total. The summed E-state index contributed by atoms with van der Waals surface area (Å²) in [5.41, 5.74) is 2.00. The molecule has 2 aliphatic rings. The van der Waals surface area contributed by atoms with Gasteiger partial charge in [-0.2, -0.15) is 0 Å². The van der Waals surface area contributed by atoms with Crippen LogP contribution >= 0.6 is 0 Å². The van der Waals surface area contributed by atoms with E-state index in [-0.39, 0.29) is 23.7 Å². The summed E-state index contributed by atoms with van der Waals surface area (Å²) in [6.45, 7) is 9.43. The highest BCUT2D eigenvalue weighted by Crippen LogP contribution is 2.29. The lowest BCUT2D eigenvalue weighted by Gasteiger charge is -2.50. The third-order valence-corrected chi connectivity index (χ3v) is 7.03. The normalized spacial score (nSPS) is 27.5. The van der Waals surface area contributed by atoms with Gasteiger partial charge in [-0.3, -0.25) is 14.5 Å². The number of aromatic nitrogens is 1. The first-order valence-corrected chi connectivity index (χ1v) is 11.4. The summed E-state index contributed by atoms with van der Waals surface area (Å²) in [6.07, 6.45) is 4.01. The SMILES string of the molecule is CC(=O)N1CC(C)N([C@@H]2CCC[C@@H](NC(=O)c3cc4c(F)ccc(C)c4[nH]3)C2)C(C)C1. The minimum Gasteiger partial charge on any atom is -0.350 e. The number of H-pyrrole nitrogens is 1. The average Bonchev–Trinajstić information content (AvgIpc) is 3.18. The van der Waals surface area contributed by atoms with Crippen LogP contribution in [0.2, 0.25) is 0 Å². The summed E-state index contributed by atoms with van der Waals surface area (Å²) in [4.78, 5) is 32.3. The van der Waals surface area contributed by atoms with Crippen LogP contribution in [0.3, 0.4) is 0 Å². The first-order valence-electron chi connectivity index (χ1n) is 11.4. The molecule has 0 bridgehead atoms. The molecule has 1 saturated heterocycles. The minimum atomic E-state index is -0.318. The Balaban J connectivity index is 1.43. The molecule has 2 heterocycles. The number of carbonyl (C=O) groups is 2. The Morgan fingerprint density at radius 2 is 1.87 bits per heavy atom. The number of aromatic amines is 1. The van der Waals surface area contributed by atoms with E-state index < -0.39 is 0 Å². The zero-order valence-electron chi connectivity index (χ0n) is 18.9. The molecule has 2 unspecified atom stereocenters. The molecule has 31 heavy (non-hydrogen) atoms. The summed E-state index contributed by atoms with van der Waals surface area (Å²) in [7, 11) is 0. The molecule has 1 aromatic carbocycles. The fourth-order valence-corrected chi connectivity index (χ4v) is 5.59. The topological polar surface area (TPSA) is 68.4 Å². The van der Waals surface area contributed by atoms with Crippen molar-refractivity contribution in [1.29, 1.82) is 0 Å². The van der Waals surface area contributed by atoms with Crippen molar-refractivity contribution in [2.24, 2.45) is 0 Å². The summed E-state index contributed by atoms with van der Waals surface area (Å²) < 4.78 is 14.1. The summed E-state index contributed by atoms with van der Waals surface area (Å²) in [5, 5.41) is 3.63.